The zero-order valence-corrected chi connectivity index (χ0v) is 23.7. The van der Waals surface area contributed by atoms with Crippen molar-refractivity contribution in [2.24, 2.45) is 11.8 Å². The van der Waals surface area contributed by atoms with Gasteiger partial charge in [-0.05, 0) is 42.7 Å². The van der Waals surface area contributed by atoms with Crippen molar-refractivity contribution >= 4 is 17.5 Å². The van der Waals surface area contributed by atoms with E-state index in [0.29, 0.717) is 12.3 Å². The number of anilines is 1. The molecule has 3 heterocycles. The Morgan fingerprint density at radius 3 is 1.52 bits per heavy atom. The fourth-order valence-electron chi connectivity index (χ4n) is 7.19. The Kier molecular flexibility index (Phi) is 6.77. The lowest BCUT2D eigenvalue weighted by molar-refractivity contribution is -0.300. The van der Waals surface area contributed by atoms with E-state index in [1.54, 1.807) is 0 Å². The fourth-order valence-corrected chi connectivity index (χ4v) is 7.19. The molecule has 0 N–H and O–H groups in total. The minimum absolute atomic E-state index is 0.164. The summed E-state index contributed by atoms with van der Waals surface area (Å²) in [4.78, 5) is 32.7. The molecular weight excluding hydrogens is 524 g/mol. The molecule has 6 heteroatoms. The van der Waals surface area contributed by atoms with Crippen molar-refractivity contribution in [2.45, 2.75) is 43.9 Å². The van der Waals surface area contributed by atoms with E-state index >= 15 is 0 Å². The molecule has 42 heavy (non-hydrogen) atoms. The molecule has 0 radical (unpaired) electrons. The summed E-state index contributed by atoms with van der Waals surface area (Å²) >= 11 is 0. The Bertz CT molecular complexity index is 1500. The summed E-state index contributed by atoms with van der Waals surface area (Å²) in [7, 11) is 0. The molecule has 7 rings (SSSR count). The predicted molar refractivity (Wildman–Crippen MR) is 160 cm³/mol. The molecule has 3 saturated heterocycles. The van der Waals surface area contributed by atoms with E-state index in [4.69, 9.17) is 9.47 Å². The van der Waals surface area contributed by atoms with Crippen molar-refractivity contribution in [2.75, 3.05) is 11.5 Å². The van der Waals surface area contributed by atoms with Crippen LogP contribution in [0.4, 0.5) is 5.69 Å². The molecule has 6 atom stereocenters. The number of amides is 2. The van der Waals surface area contributed by atoms with Gasteiger partial charge in [-0.3, -0.25) is 14.5 Å². The second-order valence-electron chi connectivity index (χ2n) is 11.8. The van der Waals surface area contributed by atoms with Crippen LogP contribution in [0.15, 0.2) is 121 Å². The maximum absolute atomic E-state index is 14.5. The van der Waals surface area contributed by atoms with E-state index in [1.165, 1.54) is 4.90 Å². The molecular formula is C36H34N2O4. The van der Waals surface area contributed by atoms with Crippen molar-refractivity contribution in [1.29, 1.82) is 0 Å². The average Bonchev–Trinajstić information content (AvgIpc) is 3.50. The zero-order valence-electron chi connectivity index (χ0n) is 23.7. The van der Waals surface area contributed by atoms with E-state index in [9.17, 15) is 9.59 Å². The smallest absolute Gasteiger partial charge is 0.239 e. The maximum atomic E-state index is 14.5. The molecule has 6 nitrogen and oxygen atoms in total. The number of ether oxygens (including phenoxy) is 2. The number of carbonyl (C=O) groups is 2. The third kappa shape index (κ3) is 4.47. The quantitative estimate of drug-likeness (QED) is 0.262. The highest BCUT2D eigenvalue weighted by molar-refractivity contribution is 6.22. The number of rotatable bonds is 5. The molecule has 0 saturated carbocycles. The van der Waals surface area contributed by atoms with Crippen LogP contribution >= 0.6 is 0 Å². The summed E-state index contributed by atoms with van der Waals surface area (Å²) in [6.45, 7) is 4.27. The average molecular weight is 559 g/mol. The van der Waals surface area contributed by atoms with E-state index in [2.05, 4.69) is 41.3 Å². The van der Waals surface area contributed by atoms with E-state index < -0.39 is 17.6 Å². The lowest BCUT2D eigenvalue weighted by atomic mass is 9.84. The van der Waals surface area contributed by atoms with Gasteiger partial charge in [0.2, 0.25) is 11.8 Å². The molecule has 0 aliphatic carbocycles. The van der Waals surface area contributed by atoms with Crippen LogP contribution in [0.5, 0.6) is 0 Å². The largest absolute Gasteiger partial charge is 0.349 e. The summed E-state index contributed by atoms with van der Waals surface area (Å²) in [6.07, 6.45) is -0.332. The van der Waals surface area contributed by atoms with Gasteiger partial charge in [-0.2, -0.15) is 0 Å². The highest BCUT2D eigenvalue weighted by Gasteiger charge is 2.65. The van der Waals surface area contributed by atoms with Gasteiger partial charge in [-0.1, -0.05) is 109 Å². The SMILES string of the molecule is CC1(C)OC[C@H](N2[C@H](c3ccccc3)[C@@H]3C(=O)N(c4ccccc4)C(=O)[C@@H]3[C@H]2c2ccccc2)[C@H](c2ccccc2)O1. The minimum atomic E-state index is -0.785. The summed E-state index contributed by atoms with van der Waals surface area (Å²) < 4.78 is 13.0. The summed E-state index contributed by atoms with van der Waals surface area (Å²) in [5, 5.41) is 0. The van der Waals surface area contributed by atoms with Crippen LogP contribution in [0.1, 0.15) is 48.7 Å². The number of hydrogen-bond donors (Lipinski definition) is 0. The highest BCUT2D eigenvalue weighted by Crippen LogP contribution is 2.59. The van der Waals surface area contributed by atoms with E-state index in [0.717, 1.165) is 16.7 Å². The summed E-state index contributed by atoms with van der Waals surface area (Å²) in [6, 6.07) is 38.7. The first-order valence-electron chi connectivity index (χ1n) is 14.6. The first kappa shape index (κ1) is 26.8. The number of imide groups is 1. The first-order valence-corrected chi connectivity index (χ1v) is 14.6. The number of para-hydroxylation sites is 1. The van der Waals surface area contributed by atoms with Gasteiger partial charge in [0.1, 0.15) is 6.10 Å². The van der Waals surface area contributed by atoms with Gasteiger partial charge < -0.3 is 9.47 Å². The van der Waals surface area contributed by atoms with Crippen LogP contribution in [0.25, 0.3) is 0 Å². The third-order valence-corrected chi connectivity index (χ3v) is 8.89. The van der Waals surface area contributed by atoms with Crippen LogP contribution in [-0.2, 0) is 19.1 Å². The second kappa shape index (κ2) is 10.6. The second-order valence-corrected chi connectivity index (χ2v) is 11.8. The van der Waals surface area contributed by atoms with E-state index in [-0.39, 0.29) is 36.0 Å². The molecule has 212 valence electrons. The number of hydrogen-bond acceptors (Lipinski definition) is 5. The van der Waals surface area contributed by atoms with Crippen molar-refractivity contribution in [3.63, 3.8) is 0 Å². The normalized spacial score (nSPS) is 29.0. The molecule has 4 aromatic carbocycles. The lowest BCUT2D eigenvalue weighted by Gasteiger charge is -2.48. The van der Waals surface area contributed by atoms with Crippen molar-refractivity contribution < 1.29 is 19.1 Å². The van der Waals surface area contributed by atoms with Gasteiger partial charge in [0.05, 0.1) is 30.2 Å². The molecule has 0 bridgehead atoms. The lowest BCUT2D eigenvalue weighted by Crippen LogP contribution is -2.53. The monoisotopic (exact) mass is 558 g/mol. The zero-order chi connectivity index (χ0) is 28.8. The van der Waals surface area contributed by atoms with Crippen LogP contribution in [0, 0.1) is 11.8 Å². The maximum Gasteiger partial charge on any atom is 0.239 e. The molecule has 4 aromatic rings. The van der Waals surface area contributed by atoms with Gasteiger partial charge >= 0.3 is 0 Å². The number of benzene rings is 4. The van der Waals surface area contributed by atoms with Crippen LogP contribution in [0.3, 0.4) is 0 Å². The first-order chi connectivity index (χ1) is 20.4. The Morgan fingerprint density at radius 2 is 1.05 bits per heavy atom. The molecule has 3 fully saturated rings. The van der Waals surface area contributed by atoms with Crippen molar-refractivity contribution in [3.8, 4) is 0 Å². The minimum Gasteiger partial charge on any atom is -0.349 e. The Labute approximate surface area is 246 Å². The van der Waals surface area contributed by atoms with Crippen molar-refractivity contribution in [3.05, 3.63) is 138 Å². The predicted octanol–water partition coefficient (Wildman–Crippen LogP) is 6.48. The molecule has 0 unspecified atom stereocenters. The topological polar surface area (TPSA) is 59.1 Å². The Balaban J connectivity index is 1.42. The third-order valence-electron chi connectivity index (χ3n) is 8.89. The molecule has 2 amide bonds. The van der Waals surface area contributed by atoms with Gasteiger partial charge in [0, 0.05) is 12.1 Å². The number of carbonyl (C=O) groups excluding carboxylic acids is 2. The highest BCUT2D eigenvalue weighted by atomic mass is 16.7. The van der Waals surface area contributed by atoms with Gasteiger partial charge in [-0.25, -0.2) is 4.90 Å². The Morgan fingerprint density at radius 1 is 0.619 bits per heavy atom. The number of nitrogens with zero attached hydrogens (tertiary/aromatic N) is 2. The summed E-state index contributed by atoms with van der Waals surface area (Å²) in [5.41, 5.74) is 3.65. The fraction of sp³-hybridized carbons (Fsp3) is 0.278. The van der Waals surface area contributed by atoms with Crippen LogP contribution in [-0.4, -0.2) is 35.2 Å². The van der Waals surface area contributed by atoms with Crippen LogP contribution in [0.2, 0.25) is 0 Å². The number of fused-ring (bicyclic) bond motifs is 1. The number of likely N-dealkylation sites (tertiary alicyclic amines) is 1. The molecule has 3 aliphatic heterocycles. The van der Waals surface area contributed by atoms with Crippen molar-refractivity contribution in [1.82, 2.24) is 4.90 Å². The molecule has 0 spiro atoms. The van der Waals surface area contributed by atoms with Gasteiger partial charge in [0.15, 0.2) is 5.79 Å². The van der Waals surface area contributed by atoms with Gasteiger partial charge in [-0.15, -0.1) is 0 Å². The Hall–Kier alpha value is -4.10. The molecule has 3 aliphatic rings. The van der Waals surface area contributed by atoms with Crippen LogP contribution < -0.4 is 4.90 Å². The standard InChI is InChI=1S/C36H34N2O4/c1-36(2)41-23-28(33(42-36)26-19-11-5-12-20-26)38-31(24-15-7-3-8-16-24)29-30(32(38)25-17-9-4-10-18-25)35(40)37(34(29)39)27-21-13-6-14-22-27/h3-22,28-33H,23H2,1-2H3/t28-,29-,30+,31+,32+,33-/m0/s1. The van der Waals surface area contributed by atoms with Gasteiger partial charge in [0.25, 0.3) is 0 Å². The molecule has 0 aromatic heterocycles. The summed E-state index contributed by atoms with van der Waals surface area (Å²) in [5.74, 6) is -2.26. The van der Waals surface area contributed by atoms with E-state index in [1.807, 2.05) is 98.8 Å².